The Balaban J connectivity index is 1.01. The van der Waals surface area contributed by atoms with Crippen LogP contribution >= 0.6 is 0 Å². The van der Waals surface area contributed by atoms with Crippen molar-refractivity contribution in [1.29, 1.82) is 0 Å². The van der Waals surface area contributed by atoms with E-state index >= 15 is 0 Å². The minimum absolute atomic E-state index is 0.894. The molecule has 7 aromatic carbocycles. The lowest BCUT2D eigenvalue weighted by Gasteiger charge is -2.11. The van der Waals surface area contributed by atoms with Crippen LogP contribution in [-0.4, -0.2) is 29.1 Å². The first-order valence-corrected chi connectivity index (χ1v) is 18.7. The molecule has 0 aliphatic rings. The highest BCUT2D eigenvalue weighted by Gasteiger charge is 2.18. The number of imidazole rings is 2. The summed E-state index contributed by atoms with van der Waals surface area (Å²) in [6.45, 7) is 0. The summed E-state index contributed by atoms with van der Waals surface area (Å²) in [5.74, 6) is 1.79. The van der Waals surface area contributed by atoms with E-state index in [9.17, 15) is 0 Å². The Labute approximate surface area is 322 Å². The molecular weight excluding hydrogens is 685 g/mol. The average molecular weight is 717 g/mol. The van der Waals surface area contributed by atoms with Crippen molar-refractivity contribution in [2.75, 3.05) is 0 Å². The minimum atomic E-state index is 0.894. The number of aromatic nitrogens is 6. The molecule has 56 heavy (non-hydrogen) atoms. The van der Waals surface area contributed by atoms with E-state index in [0.717, 1.165) is 100 Å². The maximum Gasteiger partial charge on any atom is 0.145 e. The van der Waals surface area contributed by atoms with E-state index in [4.69, 9.17) is 9.97 Å². The van der Waals surface area contributed by atoms with Gasteiger partial charge in [0, 0.05) is 45.7 Å². The molecule has 0 fully saturated rings. The lowest BCUT2D eigenvalue weighted by Crippen LogP contribution is -1.97. The highest BCUT2D eigenvalue weighted by molar-refractivity contribution is 5.92. The van der Waals surface area contributed by atoms with Gasteiger partial charge in [-0.3, -0.25) is 19.1 Å². The molecule has 4 aromatic heterocycles. The second-order valence-corrected chi connectivity index (χ2v) is 14.0. The maximum atomic E-state index is 5.27. The third-order valence-corrected chi connectivity index (χ3v) is 10.6. The van der Waals surface area contributed by atoms with E-state index in [1.54, 1.807) is 0 Å². The molecule has 0 saturated carbocycles. The molecule has 0 spiro atoms. The quantitative estimate of drug-likeness (QED) is 0.172. The van der Waals surface area contributed by atoms with Gasteiger partial charge in [0.05, 0.1) is 33.1 Å². The number of nitrogens with zero attached hydrogens (tertiary/aromatic N) is 6. The summed E-state index contributed by atoms with van der Waals surface area (Å²) in [6.07, 6.45) is 3.66. The SMILES string of the molecule is c1ccc(-n2c(-c3ccc4ncccc4c3)nc3cc(-c4cccc(-c5ccc6c(c5)nc(-c5ccc7ncccc7c5)n6-c5ccccc5)c4)ccc32)cc1. The highest BCUT2D eigenvalue weighted by atomic mass is 15.1. The standard InChI is InChI=1S/C50H32N6/c1-3-14-41(15-4-1)55-47-24-20-35(31-45(47)53-49(55)39-18-22-43-37(29-39)12-8-26-51-43)33-10-7-11-34(28-33)36-21-25-48-46(32-36)54-50(56(48)42-16-5-2-6-17-42)40-19-23-44-38(30-40)13-9-27-52-44/h1-32H. The minimum Gasteiger partial charge on any atom is -0.292 e. The fraction of sp³-hybridized carbons (Fsp3) is 0. The largest absolute Gasteiger partial charge is 0.292 e. The third-order valence-electron chi connectivity index (χ3n) is 10.6. The van der Waals surface area contributed by atoms with Gasteiger partial charge >= 0.3 is 0 Å². The van der Waals surface area contributed by atoms with Crippen LogP contribution in [0.4, 0.5) is 0 Å². The van der Waals surface area contributed by atoms with Crippen LogP contribution in [-0.2, 0) is 0 Å². The summed E-state index contributed by atoms with van der Waals surface area (Å²) in [7, 11) is 0. The molecule has 0 aliphatic carbocycles. The zero-order valence-electron chi connectivity index (χ0n) is 30.2. The van der Waals surface area contributed by atoms with Crippen molar-refractivity contribution in [3.63, 3.8) is 0 Å². The molecule has 0 aliphatic heterocycles. The molecule has 0 saturated heterocycles. The van der Waals surface area contributed by atoms with Crippen molar-refractivity contribution in [3.8, 4) is 56.4 Å². The first kappa shape index (κ1) is 31.8. The zero-order chi connectivity index (χ0) is 37.0. The Morgan fingerprint density at radius 2 is 0.750 bits per heavy atom. The zero-order valence-corrected chi connectivity index (χ0v) is 30.2. The van der Waals surface area contributed by atoms with E-state index < -0.39 is 0 Å². The Bertz CT molecular complexity index is 3040. The molecule has 0 N–H and O–H groups in total. The molecule has 11 rings (SSSR count). The normalized spacial score (nSPS) is 11.6. The number of hydrogen-bond donors (Lipinski definition) is 0. The van der Waals surface area contributed by atoms with Gasteiger partial charge in [0.1, 0.15) is 11.6 Å². The lowest BCUT2D eigenvalue weighted by atomic mass is 9.98. The van der Waals surface area contributed by atoms with Crippen molar-refractivity contribution >= 4 is 43.9 Å². The molecule has 4 heterocycles. The fourth-order valence-corrected chi connectivity index (χ4v) is 7.89. The molecule has 0 unspecified atom stereocenters. The van der Waals surface area contributed by atoms with Gasteiger partial charge in [0.2, 0.25) is 0 Å². The topological polar surface area (TPSA) is 61.4 Å². The van der Waals surface area contributed by atoms with Gasteiger partial charge in [-0.1, -0.05) is 78.9 Å². The van der Waals surface area contributed by atoms with Gasteiger partial charge in [0.25, 0.3) is 0 Å². The van der Waals surface area contributed by atoms with Crippen molar-refractivity contribution in [2.24, 2.45) is 0 Å². The molecule has 262 valence electrons. The van der Waals surface area contributed by atoms with Gasteiger partial charge in [-0.2, -0.15) is 0 Å². The molecule has 6 heteroatoms. The summed E-state index contributed by atoms with van der Waals surface area (Å²) >= 11 is 0. The third kappa shape index (κ3) is 5.43. The van der Waals surface area contributed by atoms with Crippen molar-refractivity contribution < 1.29 is 0 Å². The fourth-order valence-electron chi connectivity index (χ4n) is 7.89. The first-order chi connectivity index (χ1) is 27.7. The molecule has 0 bridgehead atoms. The van der Waals surface area contributed by atoms with Crippen LogP contribution < -0.4 is 0 Å². The van der Waals surface area contributed by atoms with Crippen LogP contribution in [0.3, 0.4) is 0 Å². The average Bonchev–Trinajstić information content (AvgIpc) is 3.85. The van der Waals surface area contributed by atoms with Crippen LogP contribution in [0.1, 0.15) is 0 Å². The lowest BCUT2D eigenvalue weighted by molar-refractivity contribution is 1.10. The van der Waals surface area contributed by atoms with E-state index in [-0.39, 0.29) is 0 Å². The Morgan fingerprint density at radius 3 is 1.23 bits per heavy atom. The summed E-state index contributed by atoms with van der Waals surface area (Å²) < 4.78 is 4.50. The maximum absolute atomic E-state index is 5.27. The van der Waals surface area contributed by atoms with Gasteiger partial charge in [0.15, 0.2) is 0 Å². The number of hydrogen-bond acceptors (Lipinski definition) is 4. The predicted molar refractivity (Wildman–Crippen MR) is 228 cm³/mol. The van der Waals surface area contributed by atoms with Crippen LogP contribution in [0.15, 0.2) is 194 Å². The molecule has 0 amide bonds. The monoisotopic (exact) mass is 716 g/mol. The molecule has 0 radical (unpaired) electrons. The van der Waals surface area contributed by atoms with Gasteiger partial charge in [-0.25, -0.2) is 9.97 Å². The van der Waals surface area contributed by atoms with Crippen LogP contribution in [0, 0.1) is 0 Å². The Hall–Kier alpha value is -7.70. The Kier molecular flexibility index (Phi) is 7.38. The summed E-state index contributed by atoms with van der Waals surface area (Å²) in [5.41, 5.74) is 14.6. The number of rotatable bonds is 6. The Morgan fingerprint density at radius 1 is 0.304 bits per heavy atom. The molecule has 6 nitrogen and oxygen atoms in total. The highest BCUT2D eigenvalue weighted by Crippen LogP contribution is 2.36. The smallest absolute Gasteiger partial charge is 0.145 e. The number of fused-ring (bicyclic) bond motifs is 4. The van der Waals surface area contributed by atoms with E-state index in [1.807, 2.05) is 36.7 Å². The van der Waals surface area contributed by atoms with Crippen LogP contribution in [0.25, 0.3) is 100 Å². The van der Waals surface area contributed by atoms with Gasteiger partial charge in [-0.15, -0.1) is 0 Å². The van der Waals surface area contributed by atoms with Gasteiger partial charge in [-0.05, 0) is 125 Å². The van der Waals surface area contributed by atoms with E-state index in [2.05, 4.69) is 177 Å². The second-order valence-electron chi connectivity index (χ2n) is 14.0. The van der Waals surface area contributed by atoms with E-state index in [0.29, 0.717) is 0 Å². The summed E-state index contributed by atoms with van der Waals surface area (Å²) in [5, 5.41) is 2.17. The van der Waals surface area contributed by atoms with Crippen molar-refractivity contribution in [1.82, 2.24) is 29.1 Å². The van der Waals surface area contributed by atoms with Crippen molar-refractivity contribution in [3.05, 3.63) is 194 Å². The van der Waals surface area contributed by atoms with Crippen LogP contribution in [0.2, 0.25) is 0 Å². The number of benzene rings is 7. The number of para-hydroxylation sites is 2. The molecular formula is C50H32N6. The predicted octanol–water partition coefficient (Wildman–Crippen LogP) is 12.1. The molecule has 11 aromatic rings. The van der Waals surface area contributed by atoms with Crippen molar-refractivity contribution in [2.45, 2.75) is 0 Å². The summed E-state index contributed by atoms with van der Waals surface area (Å²) in [6, 6.07) is 63.7. The van der Waals surface area contributed by atoms with Gasteiger partial charge < -0.3 is 0 Å². The second kappa shape index (κ2) is 13.0. The van der Waals surface area contributed by atoms with Crippen LogP contribution in [0.5, 0.6) is 0 Å². The summed E-state index contributed by atoms with van der Waals surface area (Å²) in [4.78, 5) is 19.6. The first-order valence-electron chi connectivity index (χ1n) is 18.7. The molecule has 0 atom stereocenters. The number of pyridine rings is 2. The van der Waals surface area contributed by atoms with E-state index in [1.165, 1.54) is 0 Å².